The molecule has 1 aromatic rings. The van der Waals surface area contributed by atoms with Crippen LogP contribution >= 0.6 is 0 Å². The Labute approximate surface area is 118 Å². The topological polar surface area (TPSA) is 24.5 Å². The normalized spacial score (nSPS) is 14.4. The molecule has 1 rings (SSSR count). The lowest BCUT2D eigenvalue weighted by Gasteiger charge is -2.30. The van der Waals surface area contributed by atoms with E-state index in [-0.39, 0.29) is 0 Å². The van der Waals surface area contributed by atoms with Crippen molar-refractivity contribution in [1.29, 1.82) is 0 Å². The highest BCUT2D eigenvalue weighted by Gasteiger charge is 2.16. The number of nitrogens with one attached hydrogen (secondary N) is 1. The first kappa shape index (κ1) is 16.0. The van der Waals surface area contributed by atoms with E-state index < -0.39 is 0 Å². The average Bonchev–Trinajstić information content (AvgIpc) is 2.44. The maximum atomic E-state index is 5.18. The van der Waals surface area contributed by atoms with Crippen molar-refractivity contribution in [1.82, 2.24) is 10.2 Å². The molecule has 0 aliphatic heterocycles. The molecule has 0 amide bonds. The number of benzene rings is 1. The Morgan fingerprint density at radius 1 is 1.21 bits per heavy atom. The molecule has 1 aromatic carbocycles. The highest BCUT2D eigenvalue weighted by atomic mass is 16.5. The highest BCUT2D eigenvalue weighted by molar-refractivity contribution is 5.27. The molecule has 0 spiro atoms. The van der Waals surface area contributed by atoms with E-state index in [1.807, 2.05) is 12.1 Å². The molecule has 3 nitrogen and oxygen atoms in total. The number of ether oxygens (including phenoxy) is 1. The van der Waals surface area contributed by atoms with Gasteiger partial charge in [-0.2, -0.15) is 0 Å². The zero-order valence-electron chi connectivity index (χ0n) is 12.9. The fourth-order valence-corrected chi connectivity index (χ4v) is 2.14. The molecule has 0 aliphatic carbocycles. The standard InChI is InChI=1S/C16H28N2O/c1-6-17-11-13(2)14(3)18(4)12-15-7-9-16(19-5)10-8-15/h7-10,13-14,17H,6,11-12H2,1-5H3. The Bertz CT molecular complexity index is 350. The maximum absolute atomic E-state index is 5.18. The molecule has 0 aliphatic rings. The third kappa shape index (κ3) is 5.21. The first-order valence-electron chi connectivity index (χ1n) is 7.12. The quantitative estimate of drug-likeness (QED) is 0.781. The van der Waals surface area contributed by atoms with Crippen molar-refractivity contribution in [2.45, 2.75) is 33.4 Å². The van der Waals surface area contributed by atoms with Crippen LogP contribution in [-0.4, -0.2) is 38.2 Å². The van der Waals surface area contributed by atoms with Crippen LogP contribution in [0.4, 0.5) is 0 Å². The molecule has 108 valence electrons. The molecular weight excluding hydrogens is 236 g/mol. The number of rotatable bonds is 8. The Morgan fingerprint density at radius 3 is 2.37 bits per heavy atom. The molecule has 0 saturated carbocycles. The van der Waals surface area contributed by atoms with Gasteiger partial charge in [-0.1, -0.05) is 26.0 Å². The van der Waals surface area contributed by atoms with E-state index in [4.69, 9.17) is 4.74 Å². The smallest absolute Gasteiger partial charge is 0.118 e. The summed E-state index contributed by atoms with van der Waals surface area (Å²) in [6, 6.07) is 8.88. The van der Waals surface area contributed by atoms with E-state index >= 15 is 0 Å². The van der Waals surface area contributed by atoms with Gasteiger partial charge < -0.3 is 10.1 Å². The molecule has 2 unspecified atom stereocenters. The van der Waals surface area contributed by atoms with Crippen molar-refractivity contribution < 1.29 is 4.74 Å². The minimum Gasteiger partial charge on any atom is -0.497 e. The van der Waals surface area contributed by atoms with Gasteiger partial charge in [0.15, 0.2) is 0 Å². The summed E-state index contributed by atoms with van der Waals surface area (Å²) in [5.41, 5.74) is 1.32. The molecule has 2 atom stereocenters. The first-order valence-corrected chi connectivity index (χ1v) is 7.12. The van der Waals surface area contributed by atoms with Gasteiger partial charge in [0.05, 0.1) is 7.11 Å². The molecular formula is C16H28N2O. The summed E-state index contributed by atoms with van der Waals surface area (Å²) in [4.78, 5) is 2.41. The van der Waals surface area contributed by atoms with Crippen LogP contribution in [0.2, 0.25) is 0 Å². The zero-order valence-corrected chi connectivity index (χ0v) is 12.9. The Hall–Kier alpha value is -1.06. The van der Waals surface area contributed by atoms with Crippen molar-refractivity contribution in [3.05, 3.63) is 29.8 Å². The van der Waals surface area contributed by atoms with Crippen LogP contribution in [0.25, 0.3) is 0 Å². The van der Waals surface area contributed by atoms with E-state index in [0.29, 0.717) is 12.0 Å². The van der Waals surface area contributed by atoms with Gasteiger partial charge in [0.25, 0.3) is 0 Å². The number of methoxy groups -OCH3 is 1. The van der Waals surface area contributed by atoms with E-state index in [2.05, 4.69) is 50.2 Å². The van der Waals surface area contributed by atoms with E-state index in [9.17, 15) is 0 Å². The summed E-state index contributed by atoms with van der Waals surface area (Å²) in [6.07, 6.45) is 0. The largest absolute Gasteiger partial charge is 0.497 e. The van der Waals surface area contributed by atoms with Crippen LogP contribution in [0.3, 0.4) is 0 Å². The lowest BCUT2D eigenvalue weighted by Crippen LogP contribution is -2.38. The van der Waals surface area contributed by atoms with Gasteiger partial charge in [-0.05, 0) is 50.7 Å². The first-order chi connectivity index (χ1) is 9.08. The average molecular weight is 264 g/mol. The molecule has 0 aromatic heterocycles. The number of nitrogens with zero attached hydrogens (tertiary/aromatic N) is 1. The molecule has 0 saturated heterocycles. The number of hydrogen-bond acceptors (Lipinski definition) is 3. The van der Waals surface area contributed by atoms with Crippen molar-refractivity contribution in [2.75, 3.05) is 27.2 Å². The van der Waals surface area contributed by atoms with Gasteiger partial charge in [0, 0.05) is 12.6 Å². The fraction of sp³-hybridized carbons (Fsp3) is 0.625. The summed E-state index contributed by atoms with van der Waals surface area (Å²) in [7, 11) is 3.89. The molecule has 0 fully saturated rings. The predicted octanol–water partition coefficient (Wildman–Crippen LogP) is 2.76. The molecule has 0 radical (unpaired) electrons. The Morgan fingerprint density at radius 2 is 1.84 bits per heavy atom. The fourth-order valence-electron chi connectivity index (χ4n) is 2.14. The lowest BCUT2D eigenvalue weighted by atomic mass is 10.0. The summed E-state index contributed by atoms with van der Waals surface area (Å²) < 4.78 is 5.18. The van der Waals surface area contributed by atoms with Crippen molar-refractivity contribution >= 4 is 0 Å². The predicted molar refractivity (Wildman–Crippen MR) is 81.6 cm³/mol. The van der Waals surface area contributed by atoms with E-state index in [1.54, 1.807) is 7.11 Å². The summed E-state index contributed by atoms with van der Waals surface area (Å²) in [5.74, 6) is 1.56. The van der Waals surface area contributed by atoms with Gasteiger partial charge in [0.2, 0.25) is 0 Å². The van der Waals surface area contributed by atoms with Crippen LogP contribution < -0.4 is 10.1 Å². The third-order valence-electron chi connectivity index (χ3n) is 3.83. The Balaban J connectivity index is 2.50. The van der Waals surface area contributed by atoms with Crippen LogP contribution in [0.15, 0.2) is 24.3 Å². The van der Waals surface area contributed by atoms with Crippen molar-refractivity contribution in [3.63, 3.8) is 0 Å². The van der Waals surface area contributed by atoms with Crippen LogP contribution in [0.1, 0.15) is 26.3 Å². The summed E-state index contributed by atoms with van der Waals surface area (Å²) in [6.45, 7) is 9.84. The molecule has 3 heteroatoms. The van der Waals surface area contributed by atoms with E-state index in [0.717, 1.165) is 25.4 Å². The molecule has 0 bridgehead atoms. The van der Waals surface area contributed by atoms with Gasteiger partial charge in [-0.3, -0.25) is 4.90 Å². The Kier molecular flexibility index (Phi) is 6.89. The third-order valence-corrected chi connectivity index (χ3v) is 3.83. The maximum Gasteiger partial charge on any atom is 0.118 e. The van der Waals surface area contributed by atoms with Crippen LogP contribution in [0, 0.1) is 5.92 Å². The molecule has 0 heterocycles. The summed E-state index contributed by atoms with van der Waals surface area (Å²) in [5, 5.41) is 3.42. The SMILES string of the molecule is CCNCC(C)C(C)N(C)Cc1ccc(OC)cc1. The summed E-state index contributed by atoms with van der Waals surface area (Å²) >= 11 is 0. The lowest BCUT2D eigenvalue weighted by molar-refractivity contribution is 0.189. The van der Waals surface area contributed by atoms with E-state index in [1.165, 1.54) is 5.56 Å². The van der Waals surface area contributed by atoms with Gasteiger partial charge >= 0.3 is 0 Å². The highest BCUT2D eigenvalue weighted by Crippen LogP contribution is 2.15. The van der Waals surface area contributed by atoms with Crippen LogP contribution in [0.5, 0.6) is 5.75 Å². The van der Waals surface area contributed by atoms with Gasteiger partial charge in [0.1, 0.15) is 5.75 Å². The zero-order chi connectivity index (χ0) is 14.3. The van der Waals surface area contributed by atoms with Crippen LogP contribution in [-0.2, 0) is 6.54 Å². The second kappa shape index (κ2) is 8.18. The minimum absolute atomic E-state index is 0.557. The monoisotopic (exact) mass is 264 g/mol. The van der Waals surface area contributed by atoms with Crippen molar-refractivity contribution in [2.24, 2.45) is 5.92 Å². The van der Waals surface area contributed by atoms with Gasteiger partial charge in [-0.25, -0.2) is 0 Å². The second-order valence-electron chi connectivity index (χ2n) is 5.29. The number of hydrogen-bond donors (Lipinski definition) is 1. The van der Waals surface area contributed by atoms with Crippen molar-refractivity contribution in [3.8, 4) is 5.75 Å². The molecule has 1 N–H and O–H groups in total. The van der Waals surface area contributed by atoms with Gasteiger partial charge in [-0.15, -0.1) is 0 Å². The minimum atomic E-state index is 0.557. The second-order valence-corrected chi connectivity index (χ2v) is 5.29. The molecule has 19 heavy (non-hydrogen) atoms.